The molecule has 1 aromatic carbocycles. The van der Waals surface area contributed by atoms with Gasteiger partial charge in [-0.1, -0.05) is 20.8 Å². The molecule has 2 aliphatic rings. The van der Waals surface area contributed by atoms with Crippen molar-refractivity contribution in [2.24, 2.45) is 11.3 Å². The lowest BCUT2D eigenvalue weighted by molar-refractivity contribution is -0.147. The van der Waals surface area contributed by atoms with Crippen molar-refractivity contribution in [2.45, 2.75) is 45.6 Å². The number of amides is 3. The van der Waals surface area contributed by atoms with Crippen LogP contribution in [0.4, 0.5) is 9.18 Å². The average Bonchev–Trinajstić information content (AvgIpc) is 2.87. The van der Waals surface area contributed by atoms with E-state index in [9.17, 15) is 23.6 Å². The summed E-state index contributed by atoms with van der Waals surface area (Å²) in [6, 6.07) is 2.78. The molecular weight excluding hydrogens is 407 g/mol. The third-order valence-electron chi connectivity index (χ3n) is 5.74. The van der Waals surface area contributed by atoms with E-state index in [1.54, 1.807) is 0 Å². The summed E-state index contributed by atoms with van der Waals surface area (Å²) in [6.45, 7) is 4.86. The molecule has 2 fully saturated rings. The molecule has 1 heterocycles. The van der Waals surface area contributed by atoms with Gasteiger partial charge in [0.25, 0.3) is 5.91 Å². The van der Waals surface area contributed by atoms with Crippen molar-refractivity contribution in [3.8, 4) is 5.75 Å². The molecule has 2 unspecified atom stereocenters. The summed E-state index contributed by atoms with van der Waals surface area (Å²) >= 11 is 0. The Balaban J connectivity index is 1.63. The lowest BCUT2D eigenvalue weighted by Gasteiger charge is -2.43. The Bertz CT molecular complexity index is 931. The number of hydrogen-bond acceptors (Lipinski definition) is 6. The van der Waals surface area contributed by atoms with Gasteiger partial charge in [0.15, 0.2) is 6.61 Å². The second-order valence-electron chi connectivity index (χ2n) is 9.19. The molecule has 8 nitrogen and oxygen atoms in total. The van der Waals surface area contributed by atoms with Crippen molar-refractivity contribution in [3.63, 3.8) is 0 Å². The number of nitrogens with one attached hydrogen (secondary N) is 1. The Kier molecular flexibility index (Phi) is 6.07. The van der Waals surface area contributed by atoms with Crippen LogP contribution < -0.4 is 10.1 Å². The fraction of sp³-hybridized carbons (Fsp3) is 0.545. The number of nitrogens with zero attached hydrogens (tertiary/aromatic N) is 1. The molecule has 1 saturated carbocycles. The topological polar surface area (TPSA) is 102 Å². The van der Waals surface area contributed by atoms with E-state index in [4.69, 9.17) is 9.47 Å². The Labute approximate surface area is 180 Å². The lowest BCUT2D eigenvalue weighted by atomic mass is 9.64. The van der Waals surface area contributed by atoms with Crippen molar-refractivity contribution in [1.82, 2.24) is 10.2 Å². The zero-order chi connectivity index (χ0) is 23.0. The molecule has 3 rings (SSSR count). The highest BCUT2D eigenvalue weighted by atomic mass is 19.1. The minimum absolute atomic E-state index is 0.0670. The number of ether oxygens (including phenoxy) is 2. The highest BCUT2D eigenvalue weighted by molar-refractivity contribution is 6.09. The van der Waals surface area contributed by atoms with Crippen molar-refractivity contribution in [1.29, 1.82) is 0 Å². The zero-order valence-electron chi connectivity index (χ0n) is 18.1. The number of hydrogen-bond donors (Lipinski definition) is 1. The molecule has 3 amide bonds. The maximum absolute atomic E-state index is 13.5. The molecule has 0 radical (unpaired) electrons. The van der Waals surface area contributed by atoms with Gasteiger partial charge in [-0.05, 0) is 48.8 Å². The van der Waals surface area contributed by atoms with Crippen molar-refractivity contribution >= 4 is 23.7 Å². The van der Waals surface area contributed by atoms with Crippen LogP contribution in [0.2, 0.25) is 0 Å². The average molecular weight is 434 g/mol. The molecule has 168 valence electrons. The van der Waals surface area contributed by atoms with Gasteiger partial charge in [0.1, 0.15) is 23.7 Å². The number of ketones is 1. The van der Waals surface area contributed by atoms with Gasteiger partial charge in [-0.25, -0.2) is 9.18 Å². The number of esters is 1. The van der Waals surface area contributed by atoms with Crippen LogP contribution in [0.1, 0.15) is 50.4 Å². The van der Waals surface area contributed by atoms with E-state index in [1.807, 2.05) is 20.8 Å². The van der Waals surface area contributed by atoms with Gasteiger partial charge >= 0.3 is 12.0 Å². The predicted molar refractivity (Wildman–Crippen MR) is 108 cm³/mol. The number of methoxy groups -OCH3 is 1. The van der Waals surface area contributed by atoms with E-state index in [-0.39, 0.29) is 22.6 Å². The van der Waals surface area contributed by atoms with Gasteiger partial charge in [-0.15, -0.1) is 0 Å². The van der Waals surface area contributed by atoms with Gasteiger partial charge in [-0.3, -0.25) is 19.3 Å². The summed E-state index contributed by atoms with van der Waals surface area (Å²) < 4.78 is 23.4. The summed E-state index contributed by atoms with van der Waals surface area (Å²) in [5.74, 6) is -2.28. The summed E-state index contributed by atoms with van der Waals surface area (Å²) in [5, 5.41) is 2.78. The first kappa shape index (κ1) is 22.7. The van der Waals surface area contributed by atoms with E-state index in [2.05, 4.69) is 5.32 Å². The van der Waals surface area contributed by atoms with Crippen molar-refractivity contribution in [3.05, 3.63) is 29.6 Å². The largest absolute Gasteiger partial charge is 0.496 e. The van der Waals surface area contributed by atoms with Gasteiger partial charge in [0, 0.05) is 0 Å². The third kappa shape index (κ3) is 4.70. The van der Waals surface area contributed by atoms with Gasteiger partial charge in [0.05, 0.1) is 12.7 Å². The number of benzene rings is 1. The first-order valence-corrected chi connectivity index (χ1v) is 10.1. The standard InChI is InChI=1S/C22H27FN2O6/c1-13-8-21(2,3)12-22(9-13)19(28)25(20(29)24-22)10-18(27)31-11-16(26)15-7-14(23)5-6-17(15)30-4/h5-7,13H,8-12H2,1-4H3,(H,24,29). The summed E-state index contributed by atoms with van der Waals surface area (Å²) in [5.41, 5.74) is -1.22. The van der Waals surface area contributed by atoms with Crippen molar-refractivity contribution < 1.29 is 33.0 Å². The lowest BCUT2D eigenvalue weighted by Crippen LogP contribution is -2.54. The van der Waals surface area contributed by atoms with E-state index in [0.717, 1.165) is 23.5 Å². The fourth-order valence-corrected chi connectivity index (χ4v) is 4.95. The molecule has 0 bridgehead atoms. The van der Waals surface area contributed by atoms with Crippen molar-refractivity contribution in [2.75, 3.05) is 20.3 Å². The minimum Gasteiger partial charge on any atom is -0.496 e. The number of halogens is 1. The summed E-state index contributed by atoms with van der Waals surface area (Å²) in [4.78, 5) is 50.9. The Morgan fingerprint density at radius 2 is 1.97 bits per heavy atom. The van der Waals surface area contributed by atoms with E-state index >= 15 is 0 Å². The van der Waals surface area contributed by atoms with Gasteiger partial charge < -0.3 is 14.8 Å². The van der Waals surface area contributed by atoms with Crippen LogP contribution in [0.25, 0.3) is 0 Å². The van der Waals surface area contributed by atoms with Crippen LogP contribution in [0.3, 0.4) is 0 Å². The van der Waals surface area contributed by atoms with Gasteiger partial charge in [-0.2, -0.15) is 0 Å². The van der Waals surface area contributed by atoms with Crippen LogP contribution in [-0.2, 0) is 14.3 Å². The third-order valence-corrected chi connectivity index (χ3v) is 5.74. The molecule has 1 saturated heterocycles. The molecule has 1 aliphatic carbocycles. The van der Waals surface area contributed by atoms with E-state index in [1.165, 1.54) is 13.2 Å². The number of carbonyl (C=O) groups is 4. The number of imide groups is 1. The number of rotatable bonds is 6. The molecule has 1 spiro atoms. The highest BCUT2D eigenvalue weighted by Gasteiger charge is 2.56. The quantitative estimate of drug-likeness (QED) is 0.420. The first-order valence-electron chi connectivity index (χ1n) is 10.1. The molecule has 1 aromatic rings. The second kappa shape index (κ2) is 8.28. The van der Waals surface area contributed by atoms with Gasteiger partial charge in [0.2, 0.25) is 5.78 Å². The van der Waals surface area contributed by atoms with Crippen LogP contribution >= 0.6 is 0 Å². The predicted octanol–water partition coefficient (Wildman–Crippen LogP) is 2.70. The van der Waals surface area contributed by atoms with E-state index < -0.39 is 48.2 Å². The monoisotopic (exact) mass is 434 g/mol. The first-order chi connectivity index (χ1) is 14.5. The van der Waals surface area contributed by atoms with Crippen LogP contribution in [0.5, 0.6) is 5.75 Å². The van der Waals surface area contributed by atoms with Crippen LogP contribution in [0, 0.1) is 17.2 Å². The van der Waals surface area contributed by atoms with Crippen LogP contribution in [0.15, 0.2) is 18.2 Å². The molecule has 1 N–H and O–H groups in total. The molecule has 1 aliphatic heterocycles. The molecular formula is C22H27FN2O6. The smallest absolute Gasteiger partial charge is 0.326 e. The Morgan fingerprint density at radius 3 is 2.61 bits per heavy atom. The summed E-state index contributed by atoms with van der Waals surface area (Å²) in [7, 11) is 1.33. The number of Topliss-reactive ketones (excluding diaryl/α,β-unsaturated/α-hetero) is 1. The number of urea groups is 1. The molecule has 0 aromatic heterocycles. The SMILES string of the molecule is COc1ccc(F)cc1C(=O)COC(=O)CN1C(=O)NC2(CC(C)CC(C)(C)C2)C1=O. The minimum atomic E-state index is -1.02. The summed E-state index contributed by atoms with van der Waals surface area (Å²) in [6.07, 6.45) is 1.92. The fourth-order valence-electron chi connectivity index (χ4n) is 4.95. The Hall–Kier alpha value is -2.97. The second-order valence-corrected chi connectivity index (χ2v) is 9.19. The molecule has 2 atom stereocenters. The zero-order valence-corrected chi connectivity index (χ0v) is 18.1. The molecule has 31 heavy (non-hydrogen) atoms. The highest BCUT2D eigenvalue weighted by Crippen LogP contribution is 2.46. The van der Waals surface area contributed by atoms with E-state index in [0.29, 0.717) is 12.8 Å². The Morgan fingerprint density at radius 1 is 1.26 bits per heavy atom. The number of carbonyl (C=O) groups excluding carboxylic acids is 4. The maximum Gasteiger partial charge on any atom is 0.326 e. The normalized spacial score (nSPS) is 24.8. The maximum atomic E-state index is 13.5. The molecule has 9 heteroatoms. The van der Waals surface area contributed by atoms with Crippen LogP contribution in [-0.4, -0.2) is 54.4 Å².